The minimum atomic E-state index is -0.256. The largest absolute Gasteiger partial charge is 0.485 e. The summed E-state index contributed by atoms with van der Waals surface area (Å²) in [5.41, 5.74) is 6.54. The lowest BCUT2D eigenvalue weighted by Gasteiger charge is -2.31. The van der Waals surface area contributed by atoms with E-state index in [4.69, 9.17) is 14.5 Å². The maximum atomic E-state index is 6.35. The molecular formula is C25H29NO2. The molecule has 0 fully saturated rings. The first-order valence-corrected chi connectivity index (χ1v) is 9.96. The summed E-state index contributed by atoms with van der Waals surface area (Å²) in [5, 5.41) is 0. The van der Waals surface area contributed by atoms with Crippen molar-refractivity contribution in [3.05, 3.63) is 70.8 Å². The van der Waals surface area contributed by atoms with Gasteiger partial charge in [0.15, 0.2) is 11.5 Å². The van der Waals surface area contributed by atoms with Crippen LogP contribution in [0, 0.1) is 0 Å². The van der Waals surface area contributed by atoms with E-state index in [9.17, 15) is 0 Å². The van der Waals surface area contributed by atoms with E-state index < -0.39 is 0 Å². The normalized spacial score (nSPS) is 18.5. The Morgan fingerprint density at radius 2 is 1.86 bits per heavy atom. The Bertz CT molecular complexity index is 968. The van der Waals surface area contributed by atoms with Crippen molar-refractivity contribution in [1.82, 2.24) is 0 Å². The van der Waals surface area contributed by atoms with Crippen LogP contribution < -0.4 is 9.47 Å². The van der Waals surface area contributed by atoms with E-state index in [-0.39, 0.29) is 11.1 Å². The second-order valence-corrected chi connectivity index (χ2v) is 9.32. The van der Waals surface area contributed by atoms with Crippen LogP contribution in [0.2, 0.25) is 0 Å². The van der Waals surface area contributed by atoms with Gasteiger partial charge in [0.2, 0.25) is 0 Å². The molecule has 4 rings (SSSR count). The monoisotopic (exact) mass is 375 g/mol. The van der Waals surface area contributed by atoms with Crippen molar-refractivity contribution in [2.24, 2.45) is 4.99 Å². The quantitative estimate of drug-likeness (QED) is 0.658. The van der Waals surface area contributed by atoms with Gasteiger partial charge in [0.05, 0.1) is 11.3 Å². The van der Waals surface area contributed by atoms with Crippen LogP contribution >= 0.6 is 0 Å². The average Bonchev–Trinajstić information content (AvgIpc) is 2.93. The van der Waals surface area contributed by atoms with Crippen LogP contribution in [-0.4, -0.2) is 23.5 Å². The number of nitrogens with zero attached hydrogens (tertiary/aromatic N) is 1. The number of rotatable bonds is 4. The number of hydrogen-bond donors (Lipinski definition) is 0. The molecular weight excluding hydrogens is 346 g/mol. The van der Waals surface area contributed by atoms with Crippen molar-refractivity contribution < 1.29 is 9.47 Å². The second kappa shape index (κ2) is 6.51. The molecule has 3 nitrogen and oxygen atoms in total. The van der Waals surface area contributed by atoms with E-state index >= 15 is 0 Å². The summed E-state index contributed by atoms with van der Waals surface area (Å²) in [5.74, 6) is 1.70. The molecule has 3 heteroatoms. The molecule has 2 aromatic carbocycles. The highest BCUT2D eigenvalue weighted by atomic mass is 16.5. The molecule has 0 atom stereocenters. The van der Waals surface area contributed by atoms with E-state index in [1.807, 2.05) is 13.0 Å². The molecule has 0 bridgehead atoms. The fourth-order valence-electron chi connectivity index (χ4n) is 4.18. The predicted octanol–water partition coefficient (Wildman–Crippen LogP) is 5.53. The molecule has 0 amide bonds. The fraction of sp³-hybridized carbons (Fsp3) is 0.400. The zero-order valence-corrected chi connectivity index (χ0v) is 17.6. The molecule has 2 aliphatic heterocycles. The van der Waals surface area contributed by atoms with Gasteiger partial charge in [-0.3, -0.25) is 4.99 Å². The van der Waals surface area contributed by atoms with Gasteiger partial charge in [-0.05, 0) is 58.2 Å². The topological polar surface area (TPSA) is 30.8 Å². The molecule has 0 aliphatic carbocycles. The number of ether oxygens (including phenoxy) is 2. The third-order valence-electron chi connectivity index (χ3n) is 5.20. The van der Waals surface area contributed by atoms with Crippen molar-refractivity contribution in [3.63, 3.8) is 0 Å². The molecule has 146 valence electrons. The SMILES string of the molecule is C=C(C)COc1cc2c(c3c1OC(C)(C)C3)C(c1ccccc1)=NC(C)(C)C2. The van der Waals surface area contributed by atoms with Crippen molar-refractivity contribution >= 4 is 5.71 Å². The van der Waals surface area contributed by atoms with Gasteiger partial charge < -0.3 is 9.47 Å². The molecule has 0 N–H and O–H groups in total. The van der Waals surface area contributed by atoms with Crippen LogP contribution in [0.4, 0.5) is 0 Å². The lowest BCUT2D eigenvalue weighted by molar-refractivity contribution is 0.133. The summed E-state index contributed by atoms with van der Waals surface area (Å²) in [6.45, 7) is 15.1. The Kier molecular flexibility index (Phi) is 4.37. The van der Waals surface area contributed by atoms with E-state index in [1.54, 1.807) is 0 Å². The van der Waals surface area contributed by atoms with E-state index in [0.29, 0.717) is 6.61 Å². The van der Waals surface area contributed by atoms with Gasteiger partial charge in [0.1, 0.15) is 12.2 Å². The molecule has 0 saturated heterocycles. The third kappa shape index (κ3) is 3.46. The first-order valence-electron chi connectivity index (χ1n) is 9.96. The van der Waals surface area contributed by atoms with Gasteiger partial charge in [0.25, 0.3) is 0 Å². The fourth-order valence-corrected chi connectivity index (χ4v) is 4.18. The highest BCUT2D eigenvalue weighted by Crippen LogP contribution is 2.48. The van der Waals surface area contributed by atoms with Crippen LogP contribution in [0.25, 0.3) is 0 Å². The zero-order chi connectivity index (χ0) is 20.1. The number of fused-ring (bicyclic) bond motifs is 3. The highest BCUT2D eigenvalue weighted by molar-refractivity contribution is 6.16. The summed E-state index contributed by atoms with van der Waals surface area (Å²) in [6, 6.07) is 12.6. The van der Waals surface area contributed by atoms with Crippen LogP contribution in [0.15, 0.2) is 53.5 Å². The smallest absolute Gasteiger partial charge is 0.166 e. The van der Waals surface area contributed by atoms with Crippen molar-refractivity contribution in [2.45, 2.75) is 58.6 Å². The molecule has 0 aromatic heterocycles. The van der Waals surface area contributed by atoms with E-state index in [1.165, 1.54) is 16.7 Å². The van der Waals surface area contributed by atoms with Crippen molar-refractivity contribution in [3.8, 4) is 11.5 Å². The first kappa shape index (κ1) is 18.8. The second-order valence-electron chi connectivity index (χ2n) is 9.32. The van der Waals surface area contributed by atoms with E-state index in [0.717, 1.165) is 41.2 Å². The number of hydrogen-bond acceptors (Lipinski definition) is 3. The highest BCUT2D eigenvalue weighted by Gasteiger charge is 2.39. The van der Waals surface area contributed by atoms with Gasteiger partial charge in [-0.25, -0.2) is 0 Å². The molecule has 2 heterocycles. The Hall–Kier alpha value is -2.55. The van der Waals surface area contributed by atoms with Crippen molar-refractivity contribution in [1.29, 1.82) is 0 Å². The Morgan fingerprint density at radius 3 is 2.54 bits per heavy atom. The summed E-state index contributed by atoms with van der Waals surface area (Å²) >= 11 is 0. The Labute approximate surface area is 168 Å². The van der Waals surface area contributed by atoms with Crippen LogP contribution in [0.3, 0.4) is 0 Å². The molecule has 0 saturated carbocycles. The minimum absolute atomic E-state index is 0.160. The van der Waals surface area contributed by atoms with Crippen molar-refractivity contribution in [2.75, 3.05) is 6.61 Å². The van der Waals surface area contributed by atoms with Gasteiger partial charge in [-0.1, -0.05) is 36.9 Å². The molecule has 2 aromatic rings. The lowest BCUT2D eigenvalue weighted by Crippen LogP contribution is -2.30. The maximum Gasteiger partial charge on any atom is 0.166 e. The molecule has 28 heavy (non-hydrogen) atoms. The van der Waals surface area contributed by atoms with E-state index in [2.05, 4.69) is 64.6 Å². The van der Waals surface area contributed by atoms with Gasteiger partial charge in [-0.15, -0.1) is 0 Å². The average molecular weight is 376 g/mol. The molecule has 0 unspecified atom stereocenters. The Balaban J connectivity index is 1.93. The first-order chi connectivity index (χ1) is 13.2. The van der Waals surface area contributed by atoms with Gasteiger partial charge in [-0.2, -0.15) is 0 Å². The van der Waals surface area contributed by atoms with Crippen LogP contribution in [-0.2, 0) is 12.8 Å². The minimum Gasteiger partial charge on any atom is -0.485 e. The zero-order valence-electron chi connectivity index (χ0n) is 17.6. The van der Waals surface area contributed by atoms with Crippen LogP contribution in [0.1, 0.15) is 56.9 Å². The molecule has 2 aliphatic rings. The molecule has 0 spiro atoms. The van der Waals surface area contributed by atoms with Crippen LogP contribution in [0.5, 0.6) is 11.5 Å². The molecule has 0 radical (unpaired) electrons. The Morgan fingerprint density at radius 1 is 1.14 bits per heavy atom. The standard InChI is InChI=1S/C25H29NO2/c1-16(2)15-27-20-12-18-13-24(3,4)26-22(17-10-8-7-9-11-17)21(18)19-14-25(5,6)28-23(19)20/h7-12H,1,13-15H2,2-6H3. The maximum absolute atomic E-state index is 6.35. The summed E-state index contributed by atoms with van der Waals surface area (Å²) < 4.78 is 12.5. The summed E-state index contributed by atoms with van der Waals surface area (Å²) in [7, 11) is 0. The number of benzene rings is 2. The van der Waals surface area contributed by atoms with Gasteiger partial charge in [0, 0.05) is 23.1 Å². The third-order valence-corrected chi connectivity index (χ3v) is 5.20. The summed E-state index contributed by atoms with van der Waals surface area (Å²) in [4.78, 5) is 5.16. The predicted molar refractivity (Wildman–Crippen MR) is 115 cm³/mol. The lowest BCUT2D eigenvalue weighted by atomic mass is 9.81. The summed E-state index contributed by atoms with van der Waals surface area (Å²) in [6.07, 6.45) is 1.73. The van der Waals surface area contributed by atoms with Gasteiger partial charge >= 0.3 is 0 Å². The number of aliphatic imine (C=N–C) groups is 1.